The number of aliphatic carboxylic acids is 1. The number of hydrogen-bond donors (Lipinski definition) is 3. The average molecular weight is 144 g/mol. The summed E-state index contributed by atoms with van der Waals surface area (Å²) in [7, 11) is 0. The largest absolute Gasteiger partial charge is 0.481 e. The molecule has 0 unspecified atom stereocenters. The van der Waals surface area contributed by atoms with Crippen molar-refractivity contribution in [2.24, 2.45) is 0 Å². The van der Waals surface area contributed by atoms with Crippen LogP contribution in [-0.4, -0.2) is 30.3 Å². The van der Waals surface area contributed by atoms with Gasteiger partial charge < -0.3 is 15.7 Å². The molecule has 0 saturated carbocycles. The summed E-state index contributed by atoms with van der Waals surface area (Å²) in [4.78, 5) is 10.2. The standard InChI is InChI=1S/C6H12N2O2/c9-6(10)4-5-7-2-1-3-8-5/h5,7-8H,1-4H2,(H,9,10). The van der Waals surface area contributed by atoms with Crippen LogP contribution in [0.25, 0.3) is 0 Å². The second-order valence-electron chi connectivity index (χ2n) is 2.41. The van der Waals surface area contributed by atoms with E-state index in [9.17, 15) is 4.79 Å². The van der Waals surface area contributed by atoms with Crippen LogP contribution in [0, 0.1) is 0 Å². The highest BCUT2D eigenvalue weighted by Crippen LogP contribution is 1.93. The van der Waals surface area contributed by atoms with Gasteiger partial charge in [-0.3, -0.25) is 4.79 Å². The zero-order valence-corrected chi connectivity index (χ0v) is 5.76. The van der Waals surface area contributed by atoms with Gasteiger partial charge in [-0.1, -0.05) is 0 Å². The van der Waals surface area contributed by atoms with Crippen molar-refractivity contribution in [3.63, 3.8) is 0 Å². The van der Waals surface area contributed by atoms with Crippen LogP contribution in [0.15, 0.2) is 0 Å². The smallest absolute Gasteiger partial charge is 0.306 e. The molecule has 0 spiro atoms. The maximum Gasteiger partial charge on any atom is 0.306 e. The maximum absolute atomic E-state index is 10.2. The Balaban J connectivity index is 2.19. The van der Waals surface area contributed by atoms with Crippen molar-refractivity contribution in [3.05, 3.63) is 0 Å². The predicted molar refractivity (Wildman–Crippen MR) is 36.7 cm³/mol. The quantitative estimate of drug-likeness (QED) is 0.483. The van der Waals surface area contributed by atoms with Crippen LogP contribution in [0.1, 0.15) is 12.8 Å². The molecule has 4 heteroatoms. The summed E-state index contributed by atoms with van der Waals surface area (Å²) in [6.07, 6.45) is 1.22. The Hall–Kier alpha value is -0.610. The molecular weight excluding hydrogens is 132 g/mol. The van der Waals surface area contributed by atoms with E-state index in [1.807, 2.05) is 0 Å². The van der Waals surface area contributed by atoms with Gasteiger partial charge in [-0.05, 0) is 19.5 Å². The first-order valence-electron chi connectivity index (χ1n) is 3.47. The number of hydrogen-bond acceptors (Lipinski definition) is 3. The number of carboxylic acids is 1. The van der Waals surface area contributed by atoms with Crippen LogP contribution in [0.2, 0.25) is 0 Å². The molecule has 1 rings (SSSR count). The van der Waals surface area contributed by atoms with E-state index in [0.717, 1.165) is 19.5 Å². The Morgan fingerprint density at radius 2 is 2.10 bits per heavy atom. The third kappa shape index (κ3) is 2.33. The van der Waals surface area contributed by atoms with Crippen LogP contribution in [-0.2, 0) is 4.79 Å². The first kappa shape index (κ1) is 7.50. The van der Waals surface area contributed by atoms with E-state index in [2.05, 4.69) is 10.6 Å². The molecule has 0 atom stereocenters. The maximum atomic E-state index is 10.2. The van der Waals surface area contributed by atoms with Crippen LogP contribution >= 0.6 is 0 Å². The minimum Gasteiger partial charge on any atom is -0.481 e. The summed E-state index contributed by atoms with van der Waals surface area (Å²) in [5.41, 5.74) is 0. The monoisotopic (exact) mass is 144 g/mol. The third-order valence-electron chi connectivity index (χ3n) is 1.51. The fourth-order valence-electron chi connectivity index (χ4n) is 1.03. The van der Waals surface area contributed by atoms with E-state index in [0.29, 0.717) is 0 Å². The van der Waals surface area contributed by atoms with Crippen molar-refractivity contribution in [2.45, 2.75) is 19.0 Å². The van der Waals surface area contributed by atoms with Gasteiger partial charge in [0.15, 0.2) is 0 Å². The molecule has 0 aliphatic carbocycles. The van der Waals surface area contributed by atoms with Gasteiger partial charge in [-0.15, -0.1) is 0 Å². The predicted octanol–water partition coefficient (Wildman–Crippen LogP) is -0.630. The SMILES string of the molecule is O=C(O)CC1NCCCN1. The lowest BCUT2D eigenvalue weighted by molar-refractivity contribution is -0.137. The van der Waals surface area contributed by atoms with Gasteiger partial charge in [0.2, 0.25) is 0 Å². The Kier molecular flexibility index (Phi) is 2.65. The molecule has 58 valence electrons. The summed E-state index contributed by atoms with van der Waals surface area (Å²) >= 11 is 0. The van der Waals surface area contributed by atoms with Crippen molar-refractivity contribution in [2.75, 3.05) is 13.1 Å². The lowest BCUT2D eigenvalue weighted by atomic mass is 10.2. The molecular formula is C6H12N2O2. The Bertz CT molecular complexity index is 121. The normalized spacial score (nSPS) is 20.8. The van der Waals surface area contributed by atoms with E-state index >= 15 is 0 Å². The molecule has 0 aromatic heterocycles. The summed E-state index contributed by atoms with van der Waals surface area (Å²) in [5.74, 6) is -0.757. The first-order chi connectivity index (χ1) is 4.79. The molecule has 0 radical (unpaired) electrons. The van der Waals surface area contributed by atoms with Crippen molar-refractivity contribution in [1.82, 2.24) is 10.6 Å². The van der Waals surface area contributed by atoms with E-state index in [-0.39, 0.29) is 12.6 Å². The van der Waals surface area contributed by atoms with Crippen LogP contribution in [0.5, 0.6) is 0 Å². The zero-order chi connectivity index (χ0) is 7.40. The molecule has 1 aliphatic heterocycles. The van der Waals surface area contributed by atoms with Gasteiger partial charge in [-0.25, -0.2) is 0 Å². The third-order valence-corrected chi connectivity index (χ3v) is 1.51. The molecule has 0 amide bonds. The topological polar surface area (TPSA) is 61.4 Å². The molecule has 3 N–H and O–H groups in total. The second-order valence-corrected chi connectivity index (χ2v) is 2.41. The fourth-order valence-corrected chi connectivity index (χ4v) is 1.03. The van der Waals surface area contributed by atoms with E-state index in [1.54, 1.807) is 0 Å². The summed E-state index contributed by atoms with van der Waals surface area (Å²) in [6, 6.07) is 0. The minimum atomic E-state index is -0.757. The highest BCUT2D eigenvalue weighted by molar-refractivity contribution is 5.67. The first-order valence-corrected chi connectivity index (χ1v) is 3.47. The molecule has 1 fully saturated rings. The summed E-state index contributed by atoms with van der Waals surface area (Å²) < 4.78 is 0. The van der Waals surface area contributed by atoms with Crippen molar-refractivity contribution in [3.8, 4) is 0 Å². The molecule has 1 aliphatic rings. The summed E-state index contributed by atoms with van der Waals surface area (Å²) in [5, 5.41) is 14.5. The van der Waals surface area contributed by atoms with Gasteiger partial charge in [0.25, 0.3) is 0 Å². The van der Waals surface area contributed by atoms with Crippen LogP contribution in [0.3, 0.4) is 0 Å². The van der Waals surface area contributed by atoms with Gasteiger partial charge in [0.05, 0.1) is 12.6 Å². The lowest BCUT2D eigenvalue weighted by Gasteiger charge is -2.23. The fraction of sp³-hybridized carbons (Fsp3) is 0.833. The van der Waals surface area contributed by atoms with Crippen molar-refractivity contribution in [1.29, 1.82) is 0 Å². The highest BCUT2D eigenvalue weighted by atomic mass is 16.4. The molecule has 4 nitrogen and oxygen atoms in total. The number of rotatable bonds is 2. The van der Waals surface area contributed by atoms with Crippen molar-refractivity contribution < 1.29 is 9.90 Å². The number of carbonyl (C=O) groups is 1. The van der Waals surface area contributed by atoms with Gasteiger partial charge in [-0.2, -0.15) is 0 Å². The molecule has 10 heavy (non-hydrogen) atoms. The lowest BCUT2D eigenvalue weighted by Crippen LogP contribution is -2.49. The van der Waals surface area contributed by atoms with Gasteiger partial charge in [0.1, 0.15) is 0 Å². The van der Waals surface area contributed by atoms with Crippen molar-refractivity contribution >= 4 is 5.97 Å². The zero-order valence-electron chi connectivity index (χ0n) is 5.76. The molecule has 0 bridgehead atoms. The van der Waals surface area contributed by atoms with Gasteiger partial charge >= 0.3 is 5.97 Å². The Labute approximate surface area is 59.6 Å². The van der Waals surface area contributed by atoms with E-state index in [1.165, 1.54) is 0 Å². The molecule has 1 saturated heterocycles. The Morgan fingerprint density at radius 3 is 2.60 bits per heavy atom. The minimum absolute atomic E-state index is 0.0220. The average Bonchev–Trinajstić information content (AvgIpc) is 1.88. The van der Waals surface area contributed by atoms with Gasteiger partial charge in [0, 0.05) is 0 Å². The van der Waals surface area contributed by atoms with Crippen LogP contribution in [0.4, 0.5) is 0 Å². The molecule has 0 aromatic rings. The molecule has 0 aromatic carbocycles. The molecule has 1 heterocycles. The van der Waals surface area contributed by atoms with Crippen LogP contribution < -0.4 is 10.6 Å². The van der Waals surface area contributed by atoms with E-state index in [4.69, 9.17) is 5.11 Å². The summed E-state index contributed by atoms with van der Waals surface area (Å²) in [6.45, 7) is 1.84. The van der Waals surface area contributed by atoms with E-state index < -0.39 is 5.97 Å². The second kappa shape index (κ2) is 3.53. The number of carboxylic acid groups (broad SMARTS) is 1. The highest BCUT2D eigenvalue weighted by Gasteiger charge is 2.13. The Morgan fingerprint density at radius 1 is 1.50 bits per heavy atom. The number of nitrogens with one attached hydrogen (secondary N) is 2.